The van der Waals surface area contributed by atoms with Crippen LogP contribution in [-0.2, 0) is 4.74 Å². The molecule has 1 atom stereocenters. The third kappa shape index (κ3) is 5.51. The largest absolute Gasteiger partial charge is 0.486 e. The molecule has 26 heavy (non-hydrogen) atoms. The predicted molar refractivity (Wildman–Crippen MR) is 102 cm³/mol. The number of benzene rings is 1. The van der Waals surface area contributed by atoms with Crippen LogP contribution in [0.4, 0.5) is 0 Å². The van der Waals surface area contributed by atoms with E-state index in [2.05, 4.69) is 20.5 Å². The highest BCUT2D eigenvalue weighted by molar-refractivity contribution is 5.79. The predicted octanol–water partition coefficient (Wildman–Crippen LogP) is 1.10. The van der Waals surface area contributed by atoms with Crippen LogP contribution < -0.4 is 20.1 Å². The van der Waals surface area contributed by atoms with E-state index in [4.69, 9.17) is 14.2 Å². The van der Waals surface area contributed by atoms with Crippen molar-refractivity contribution in [3.05, 3.63) is 24.3 Å². The number of hydrogen-bond donors (Lipinski definition) is 2. The number of aliphatic imine (C=N–C) groups is 1. The van der Waals surface area contributed by atoms with Crippen molar-refractivity contribution >= 4 is 5.96 Å². The lowest BCUT2D eigenvalue weighted by Crippen LogP contribution is -2.47. The van der Waals surface area contributed by atoms with Crippen molar-refractivity contribution in [2.75, 3.05) is 53.6 Å². The van der Waals surface area contributed by atoms with Crippen LogP contribution in [0, 0.1) is 0 Å². The molecule has 0 spiro atoms. The van der Waals surface area contributed by atoms with E-state index in [-0.39, 0.29) is 6.10 Å². The minimum atomic E-state index is -0.0342. The van der Waals surface area contributed by atoms with Crippen LogP contribution in [0.2, 0.25) is 0 Å². The van der Waals surface area contributed by atoms with Crippen LogP contribution in [0.3, 0.4) is 0 Å². The Hall–Kier alpha value is -1.99. The molecule has 2 N–H and O–H groups in total. The first kappa shape index (κ1) is 18.8. The van der Waals surface area contributed by atoms with Gasteiger partial charge in [-0.05, 0) is 25.0 Å². The topological polar surface area (TPSA) is 67.4 Å². The summed E-state index contributed by atoms with van der Waals surface area (Å²) in [5.41, 5.74) is 0. The zero-order valence-electron chi connectivity index (χ0n) is 15.7. The highest BCUT2D eigenvalue weighted by Gasteiger charge is 2.28. The van der Waals surface area contributed by atoms with E-state index in [1.54, 1.807) is 14.2 Å². The second-order valence-corrected chi connectivity index (χ2v) is 6.64. The van der Waals surface area contributed by atoms with Crippen molar-refractivity contribution < 1.29 is 14.2 Å². The number of hydrogen-bond acceptors (Lipinski definition) is 5. The molecule has 1 unspecified atom stereocenters. The fraction of sp³-hybridized carbons (Fsp3) is 0.632. The number of rotatable bonds is 9. The van der Waals surface area contributed by atoms with Gasteiger partial charge in [-0.1, -0.05) is 12.1 Å². The Kier molecular flexibility index (Phi) is 6.96. The lowest BCUT2D eigenvalue weighted by Gasteiger charge is -2.27. The van der Waals surface area contributed by atoms with Gasteiger partial charge in [0.25, 0.3) is 0 Å². The number of ether oxygens (including phenoxy) is 3. The van der Waals surface area contributed by atoms with Crippen molar-refractivity contribution in [1.29, 1.82) is 0 Å². The van der Waals surface area contributed by atoms with Gasteiger partial charge in [0.15, 0.2) is 17.5 Å². The first-order valence-corrected chi connectivity index (χ1v) is 9.36. The quantitative estimate of drug-likeness (QED) is 0.507. The molecule has 144 valence electrons. The van der Waals surface area contributed by atoms with Gasteiger partial charge in [-0.15, -0.1) is 0 Å². The van der Waals surface area contributed by atoms with E-state index in [1.807, 2.05) is 24.3 Å². The summed E-state index contributed by atoms with van der Waals surface area (Å²) in [5, 5.41) is 6.70. The summed E-state index contributed by atoms with van der Waals surface area (Å²) < 4.78 is 16.9. The van der Waals surface area contributed by atoms with E-state index in [0.717, 1.165) is 49.7 Å². The van der Waals surface area contributed by atoms with Gasteiger partial charge in [0.2, 0.25) is 0 Å². The molecule has 7 heteroatoms. The maximum Gasteiger partial charge on any atom is 0.191 e. The van der Waals surface area contributed by atoms with Crippen LogP contribution in [0.25, 0.3) is 0 Å². The van der Waals surface area contributed by atoms with Gasteiger partial charge in [-0.3, -0.25) is 9.89 Å². The molecule has 1 aromatic rings. The Morgan fingerprint density at radius 1 is 1.23 bits per heavy atom. The first-order valence-electron chi connectivity index (χ1n) is 9.36. The molecule has 1 saturated carbocycles. The standard InChI is InChI=1S/C19H30N4O3/c1-20-19(21-9-10-23(11-12-24-2)15-7-8-15)22-13-16-14-25-17-5-3-4-6-18(17)26-16/h3-6,15-16H,7-14H2,1-2H3,(H2,20,21,22). The Labute approximate surface area is 155 Å². The maximum absolute atomic E-state index is 5.96. The molecule has 3 rings (SSSR count). The second-order valence-electron chi connectivity index (χ2n) is 6.64. The zero-order chi connectivity index (χ0) is 18.2. The molecular weight excluding hydrogens is 332 g/mol. The average molecular weight is 362 g/mol. The number of nitrogens with one attached hydrogen (secondary N) is 2. The molecule has 0 amide bonds. The molecule has 0 saturated heterocycles. The number of para-hydroxylation sites is 2. The van der Waals surface area contributed by atoms with Gasteiger partial charge in [0.1, 0.15) is 12.7 Å². The molecule has 1 aliphatic heterocycles. The van der Waals surface area contributed by atoms with E-state index >= 15 is 0 Å². The molecular formula is C19H30N4O3. The highest BCUT2D eigenvalue weighted by atomic mass is 16.6. The Morgan fingerprint density at radius 3 is 2.77 bits per heavy atom. The monoisotopic (exact) mass is 362 g/mol. The Balaban J connectivity index is 1.37. The zero-order valence-corrected chi connectivity index (χ0v) is 15.7. The number of fused-ring (bicyclic) bond motifs is 1. The van der Waals surface area contributed by atoms with Gasteiger partial charge < -0.3 is 24.8 Å². The van der Waals surface area contributed by atoms with Crippen molar-refractivity contribution in [2.24, 2.45) is 4.99 Å². The van der Waals surface area contributed by atoms with Gasteiger partial charge in [0.05, 0.1) is 13.2 Å². The number of guanidine groups is 1. The van der Waals surface area contributed by atoms with Crippen molar-refractivity contribution in [1.82, 2.24) is 15.5 Å². The molecule has 1 aliphatic carbocycles. The molecule has 0 radical (unpaired) electrons. The fourth-order valence-corrected chi connectivity index (χ4v) is 3.04. The summed E-state index contributed by atoms with van der Waals surface area (Å²) in [6.07, 6.45) is 2.57. The van der Waals surface area contributed by atoms with Crippen molar-refractivity contribution in [3.63, 3.8) is 0 Å². The smallest absolute Gasteiger partial charge is 0.191 e. The lowest BCUT2D eigenvalue weighted by atomic mass is 10.2. The van der Waals surface area contributed by atoms with E-state index < -0.39 is 0 Å². The van der Waals surface area contributed by atoms with E-state index in [1.165, 1.54) is 12.8 Å². The highest BCUT2D eigenvalue weighted by Crippen LogP contribution is 2.30. The maximum atomic E-state index is 5.96. The van der Waals surface area contributed by atoms with E-state index in [0.29, 0.717) is 13.2 Å². The third-order valence-corrected chi connectivity index (χ3v) is 4.63. The second kappa shape index (κ2) is 9.64. The van der Waals surface area contributed by atoms with Gasteiger partial charge >= 0.3 is 0 Å². The molecule has 0 bridgehead atoms. The summed E-state index contributed by atoms with van der Waals surface area (Å²) in [6, 6.07) is 8.49. The van der Waals surface area contributed by atoms with Crippen LogP contribution in [-0.4, -0.2) is 76.6 Å². The van der Waals surface area contributed by atoms with Crippen LogP contribution in [0.5, 0.6) is 11.5 Å². The van der Waals surface area contributed by atoms with Crippen molar-refractivity contribution in [2.45, 2.75) is 25.0 Å². The molecule has 1 heterocycles. The van der Waals surface area contributed by atoms with Crippen LogP contribution >= 0.6 is 0 Å². The number of nitrogens with zero attached hydrogens (tertiary/aromatic N) is 2. The molecule has 7 nitrogen and oxygen atoms in total. The Bertz CT molecular complexity index is 592. The molecule has 1 fully saturated rings. The summed E-state index contributed by atoms with van der Waals surface area (Å²) in [5.74, 6) is 2.39. The summed E-state index contributed by atoms with van der Waals surface area (Å²) in [6.45, 7) is 4.79. The summed E-state index contributed by atoms with van der Waals surface area (Å²) in [7, 11) is 3.54. The summed E-state index contributed by atoms with van der Waals surface area (Å²) in [4.78, 5) is 6.78. The first-order chi connectivity index (χ1) is 12.8. The number of methoxy groups -OCH3 is 1. The normalized spacial score (nSPS) is 19.5. The summed E-state index contributed by atoms with van der Waals surface area (Å²) >= 11 is 0. The fourth-order valence-electron chi connectivity index (χ4n) is 3.04. The van der Waals surface area contributed by atoms with Crippen LogP contribution in [0.15, 0.2) is 29.3 Å². The third-order valence-electron chi connectivity index (χ3n) is 4.63. The lowest BCUT2D eigenvalue weighted by molar-refractivity contribution is 0.0936. The van der Waals surface area contributed by atoms with Gasteiger partial charge in [-0.25, -0.2) is 0 Å². The van der Waals surface area contributed by atoms with Crippen molar-refractivity contribution in [3.8, 4) is 11.5 Å². The molecule has 1 aromatic carbocycles. The van der Waals surface area contributed by atoms with Gasteiger partial charge in [0, 0.05) is 39.8 Å². The molecule has 2 aliphatic rings. The average Bonchev–Trinajstić information content (AvgIpc) is 3.52. The van der Waals surface area contributed by atoms with E-state index in [9.17, 15) is 0 Å². The molecule has 0 aromatic heterocycles. The van der Waals surface area contributed by atoms with Gasteiger partial charge in [-0.2, -0.15) is 0 Å². The SMILES string of the molecule is CN=C(NCCN(CCOC)C1CC1)NCC1COc2ccccc2O1. The minimum Gasteiger partial charge on any atom is -0.486 e. The minimum absolute atomic E-state index is 0.0342. The Morgan fingerprint density at radius 2 is 2.04 bits per heavy atom. The van der Waals surface area contributed by atoms with Crippen LogP contribution in [0.1, 0.15) is 12.8 Å².